The van der Waals surface area contributed by atoms with E-state index in [4.69, 9.17) is 4.74 Å². The Bertz CT molecular complexity index is 733. The van der Waals surface area contributed by atoms with Crippen LogP contribution in [-0.4, -0.2) is 12.4 Å². The van der Waals surface area contributed by atoms with Gasteiger partial charge < -0.3 is 4.74 Å². The third kappa shape index (κ3) is 5.08. The van der Waals surface area contributed by atoms with Crippen LogP contribution < -0.4 is 0 Å². The number of carbonyl (C=O) groups excluding carboxylic acids is 1. The molecule has 0 radical (unpaired) electrons. The van der Waals surface area contributed by atoms with Crippen molar-refractivity contribution in [2.45, 2.75) is 25.4 Å². The van der Waals surface area contributed by atoms with Crippen molar-refractivity contribution in [3.8, 4) is 0 Å². The van der Waals surface area contributed by atoms with Gasteiger partial charge in [0.25, 0.3) is 0 Å². The van der Waals surface area contributed by atoms with E-state index in [1.165, 1.54) is 19.1 Å². The Morgan fingerprint density at radius 3 is 1.88 bits per heavy atom. The van der Waals surface area contributed by atoms with E-state index in [0.717, 1.165) is 0 Å². The van der Waals surface area contributed by atoms with Gasteiger partial charge in [-0.15, -0.1) is 0 Å². The molecule has 0 N–H and O–H groups in total. The number of hydrogen-bond acceptors (Lipinski definition) is 2. The van der Waals surface area contributed by atoms with Crippen LogP contribution in [0.3, 0.4) is 0 Å². The van der Waals surface area contributed by atoms with Crippen LogP contribution in [0, 0.1) is 0 Å². The molecule has 0 bridgehead atoms. The molecule has 140 valence electrons. The molecule has 0 aliphatic carbocycles. The lowest BCUT2D eigenvalue weighted by Crippen LogP contribution is -2.15. The van der Waals surface area contributed by atoms with Crippen LogP contribution in [-0.2, 0) is 17.1 Å². The highest BCUT2D eigenvalue weighted by Gasteiger charge is 2.37. The van der Waals surface area contributed by atoms with Crippen molar-refractivity contribution in [1.29, 1.82) is 0 Å². The maximum atomic E-state index is 12.9. The van der Waals surface area contributed by atoms with E-state index in [1.807, 2.05) is 0 Å². The first-order valence-corrected chi connectivity index (χ1v) is 7.47. The molecule has 0 aliphatic heterocycles. The fraction of sp³-hybridized carbons (Fsp3) is 0.278. The van der Waals surface area contributed by atoms with Crippen LogP contribution in [0.1, 0.15) is 40.1 Å². The summed E-state index contributed by atoms with van der Waals surface area (Å²) in [6.07, 6.45) is -11.0. The van der Waals surface area contributed by atoms with Crippen LogP contribution >= 0.6 is 0 Å². The number of alkyl halides is 6. The maximum absolute atomic E-state index is 12.9. The standard InChI is InChI=1S/C18H14F6O2/c1-11(26-10-16(25)12-5-3-2-4-6-12)13-7-14(17(19,20)21)9-15(8-13)18(22,23)24/h2-9,11H,10H2,1H3. The number of rotatable bonds is 5. The molecule has 0 amide bonds. The summed E-state index contributed by atoms with van der Waals surface area (Å²) in [5, 5.41) is 0. The van der Waals surface area contributed by atoms with Gasteiger partial charge in [0.05, 0.1) is 17.2 Å². The maximum Gasteiger partial charge on any atom is 0.416 e. The van der Waals surface area contributed by atoms with E-state index >= 15 is 0 Å². The van der Waals surface area contributed by atoms with E-state index in [2.05, 4.69) is 0 Å². The Kier molecular flexibility index (Phi) is 5.75. The van der Waals surface area contributed by atoms with E-state index < -0.39 is 42.0 Å². The van der Waals surface area contributed by atoms with Crippen molar-refractivity contribution in [2.24, 2.45) is 0 Å². The van der Waals surface area contributed by atoms with E-state index in [0.29, 0.717) is 17.7 Å². The van der Waals surface area contributed by atoms with Gasteiger partial charge in [0, 0.05) is 5.56 Å². The zero-order valence-corrected chi connectivity index (χ0v) is 13.5. The van der Waals surface area contributed by atoms with Crippen molar-refractivity contribution in [2.75, 3.05) is 6.61 Å². The van der Waals surface area contributed by atoms with Gasteiger partial charge >= 0.3 is 12.4 Å². The Hall–Kier alpha value is -2.35. The zero-order chi connectivity index (χ0) is 19.5. The molecule has 0 aliphatic rings. The van der Waals surface area contributed by atoms with Gasteiger partial charge in [0.1, 0.15) is 6.61 Å². The molecule has 0 aromatic heterocycles. The lowest BCUT2D eigenvalue weighted by atomic mass is 10.0. The molecular weight excluding hydrogens is 362 g/mol. The van der Waals surface area contributed by atoms with Gasteiger partial charge in [0.15, 0.2) is 5.78 Å². The topological polar surface area (TPSA) is 26.3 Å². The Morgan fingerprint density at radius 2 is 1.42 bits per heavy atom. The molecule has 1 unspecified atom stereocenters. The molecule has 0 spiro atoms. The van der Waals surface area contributed by atoms with Gasteiger partial charge in [0.2, 0.25) is 0 Å². The summed E-state index contributed by atoms with van der Waals surface area (Å²) in [4.78, 5) is 11.9. The lowest BCUT2D eigenvalue weighted by molar-refractivity contribution is -0.143. The second-order valence-corrected chi connectivity index (χ2v) is 5.58. The van der Waals surface area contributed by atoms with Gasteiger partial charge in [-0.3, -0.25) is 4.79 Å². The molecule has 1 atom stereocenters. The predicted molar refractivity (Wildman–Crippen MR) is 81.6 cm³/mol. The summed E-state index contributed by atoms with van der Waals surface area (Å²) in [5.41, 5.74) is -2.83. The SMILES string of the molecule is CC(OCC(=O)c1ccccc1)c1cc(C(F)(F)F)cc(C(F)(F)F)c1. The highest BCUT2D eigenvalue weighted by atomic mass is 19.4. The number of benzene rings is 2. The Balaban J connectivity index is 2.22. The minimum Gasteiger partial charge on any atom is -0.366 e. The monoisotopic (exact) mass is 376 g/mol. The number of ether oxygens (including phenoxy) is 1. The first-order valence-electron chi connectivity index (χ1n) is 7.47. The predicted octanol–water partition coefficient (Wildman–Crippen LogP) is 5.68. The van der Waals surface area contributed by atoms with Gasteiger partial charge in [-0.25, -0.2) is 0 Å². The van der Waals surface area contributed by atoms with Crippen molar-refractivity contribution in [3.63, 3.8) is 0 Å². The third-order valence-corrected chi connectivity index (χ3v) is 3.64. The van der Waals surface area contributed by atoms with Crippen LogP contribution in [0.2, 0.25) is 0 Å². The summed E-state index contributed by atoms with van der Waals surface area (Å²) < 4.78 is 82.4. The summed E-state index contributed by atoms with van der Waals surface area (Å²) in [6.45, 7) is 0.816. The molecule has 0 saturated heterocycles. The number of ketones is 1. The molecule has 2 aromatic carbocycles. The van der Waals surface area contributed by atoms with Crippen molar-refractivity contribution in [1.82, 2.24) is 0 Å². The first-order chi connectivity index (χ1) is 12.0. The minimum atomic E-state index is -4.93. The second kappa shape index (κ2) is 7.49. The summed E-state index contributed by atoms with van der Waals surface area (Å²) in [5.74, 6) is -0.430. The largest absolute Gasteiger partial charge is 0.416 e. The second-order valence-electron chi connectivity index (χ2n) is 5.58. The molecule has 26 heavy (non-hydrogen) atoms. The van der Waals surface area contributed by atoms with Gasteiger partial charge in [-0.2, -0.15) is 26.3 Å². The smallest absolute Gasteiger partial charge is 0.366 e. The molecule has 2 rings (SSSR count). The molecule has 2 aromatic rings. The van der Waals surface area contributed by atoms with Gasteiger partial charge in [-0.1, -0.05) is 30.3 Å². The fourth-order valence-corrected chi connectivity index (χ4v) is 2.22. The highest BCUT2D eigenvalue weighted by Crippen LogP contribution is 2.37. The Morgan fingerprint density at radius 1 is 0.923 bits per heavy atom. The number of halogens is 6. The number of carbonyl (C=O) groups is 1. The van der Waals surface area contributed by atoms with Crippen LogP contribution in [0.4, 0.5) is 26.3 Å². The molecule has 0 fully saturated rings. The summed E-state index contributed by atoms with van der Waals surface area (Å²) in [6, 6.07) is 9.23. The van der Waals surface area contributed by atoms with Crippen molar-refractivity contribution >= 4 is 5.78 Å². The fourth-order valence-electron chi connectivity index (χ4n) is 2.22. The molecule has 2 nitrogen and oxygen atoms in total. The summed E-state index contributed by atoms with van der Waals surface area (Å²) >= 11 is 0. The van der Waals surface area contributed by atoms with Gasteiger partial charge in [-0.05, 0) is 30.7 Å². The molecule has 8 heteroatoms. The van der Waals surface area contributed by atoms with E-state index in [1.54, 1.807) is 18.2 Å². The van der Waals surface area contributed by atoms with Crippen LogP contribution in [0.25, 0.3) is 0 Å². The Labute approximate surface area is 145 Å². The van der Waals surface area contributed by atoms with Crippen LogP contribution in [0.5, 0.6) is 0 Å². The van der Waals surface area contributed by atoms with E-state index in [9.17, 15) is 31.1 Å². The quantitative estimate of drug-likeness (QED) is 0.495. The van der Waals surface area contributed by atoms with Crippen LogP contribution in [0.15, 0.2) is 48.5 Å². The molecule has 0 saturated carbocycles. The summed E-state index contributed by atoms with van der Waals surface area (Å²) in [7, 11) is 0. The minimum absolute atomic E-state index is 0.0470. The molecular formula is C18H14F6O2. The number of hydrogen-bond donors (Lipinski definition) is 0. The van der Waals surface area contributed by atoms with Crippen molar-refractivity contribution < 1.29 is 35.9 Å². The van der Waals surface area contributed by atoms with Crippen molar-refractivity contribution in [3.05, 3.63) is 70.8 Å². The third-order valence-electron chi connectivity index (χ3n) is 3.64. The number of Topliss-reactive ketones (excluding diaryl/α,β-unsaturated/α-hetero) is 1. The highest BCUT2D eigenvalue weighted by molar-refractivity contribution is 5.97. The average Bonchev–Trinajstić information content (AvgIpc) is 2.58. The van der Waals surface area contributed by atoms with E-state index in [-0.39, 0.29) is 11.6 Å². The molecule has 0 heterocycles. The zero-order valence-electron chi connectivity index (χ0n) is 13.5. The first kappa shape index (κ1) is 20.0. The lowest BCUT2D eigenvalue weighted by Gasteiger charge is -2.18. The normalized spacial score (nSPS) is 13.5. The average molecular weight is 376 g/mol.